The van der Waals surface area contributed by atoms with Gasteiger partial charge in [-0.3, -0.25) is 9.78 Å². The Morgan fingerprint density at radius 2 is 1.96 bits per heavy atom. The number of fused-ring (bicyclic) bond motifs is 1. The molecule has 6 nitrogen and oxygen atoms in total. The Labute approximate surface area is 154 Å². The van der Waals surface area contributed by atoms with Gasteiger partial charge in [-0.15, -0.1) is 11.3 Å². The number of pyridine rings is 1. The number of carbonyl (C=O) groups excluding carboxylic acids is 1. The van der Waals surface area contributed by atoms with Crippen molar-refractivity contribution in [1.29, 1.82) is 0 Å². The third-order valence-electron chi connectivity index (χ3n) is 4.17. The Morgan fingerprint density at radius 1 is 1.15 bits per heavy atom. The standard InChI is InChI=1S/C19H17N5OS/c1-12-17(26-19(22-12)14-8-5-6-10-20-14)18(25)21-11-16-23-13-7-3-4-9-15(13)24(16)2/h3-10H,11H2,1-2H3,(H,21,25). The van der Waals surface area contributed by atoms with E-state index in [1.54, 1.807) is 6.20 Å². The quantitative estimate of drug-likeness (QED) is 0.604. The average Bonchev–Trinajstić information content (AvgIpc) is 3.21. The van der Waals surface area contributed by atoms with Gasteiger partial charge in [0.15, 0.2) is 0 Å². The highest BCUT2D eigenvalue weighted by Gasteiger charge is 2.17. The zero-order chi connectivity index (χ0) is 18.1. The van der Waals surface area contributed by atoms with E-state index >= 15 is 0 Å². The van der Waals surface area contributed by atoms with Crippen LogP contribution in [0, 0.1) is 6.92 Å². The van der Waals surface area contributed by atoms with Gasteiger partial charge >= 0.3 is 0 Å². The number of hydrogen-bond donors (Lipinski definition) is 1. The number of carbonyl (C=O) groups is 1. The fourth-order valence-corrected chi connectivity index (χ4v) is 3.76. The molecule has 0 aliphatic rings. The van der Waals surface area contributed by atoms with Crippen molar-refractivity contribution in [1.82, 2.24) is 24.8 Å². The summed E-state index contributed by atoms with van der Waals surface area (Å²) in [6.45, 7) is 2.20. The van der Waals surface area contributed by atoms with Crippen LogP contribution < -0.4 is 5.32 Å². The topological polar surface area (TPSA) is 72.7 Å². The predicted molar refractivity (Wildman–Crippen MR) is 102 cm³/mol. The number of hydrogen-bond acceptors (Lipinski definition) is 5. The highest BCUT2D eigenvalue weighted by Crippen LogP contribution is 2.26. The highest BCUT2D eigenvalue weighted by atomic mass is 32.1. The smallest absolute Gasteiger partial charge is 0.263 e. The summed E-state index contributed by atoms with van der Waals surface area (Å²) in [7, 11) is 1.95. The minimum absolute atomic E-state index is 0.144. The SMILES string of the molecule is Cc1nc(-c2ccccn2)sc1C(=O)NCc1nc2ccccc2n1C. The lowest BCUT2D eigenvalue weighted by atomic mass is 10.3. The number of benzene rings is 1. The number of aromatic nitrogens is 4. The minimum atomic E-state index is -0.144. The summed E-state index contributed by atoms with van der Waals surface area (Å²) >= 11 is 1.35. The number of aryl methyl sites for hydroxylation is 2. The van der Waals surface area contributed by atoms with Crippen LogP contribution in [0.15, 0.2) is 48.7 Å². The molecule has 0 bridgehead atoms. The predicted octanol–water partition coefficient (Wildman–Crippen LogP) is 3.33. The van der Waals surface area contributed by atoms with Crippen LogP contribution in [0.1, 0.15) is 21.2 Å². The second kappa shape index (κ2) is 6.68. The Balaban J connectivity index is 1.53. The first-order chi connectivity index (χ1) is 12.6. The molecule has 0 aliphatic heterocycles. The number of amides is 1. The van der Waals surface area contributed by atoms with Crippen molar-refractivity contribution >= 4 is 28.3 Å². The fourth-order valence-electron chi connectivity index (χ4n) is 2.80. The summed E-state index contributed by atoms with van der Waals surface area (Å²) < 4.78 is 1.99. The summed E-state index contributed by atoms with van der Waals surface area (Å²) in [6.07, 6.45) is 1.72. The zero-order valence-corrected chi connectivity index (χ0v) is 15.2. The van der Waals surface area contributed by atoms with Crippen molar-refractivity contribution in [2.24, 2.45) is 7.05 Å². The maximum Gasteiger partial charge on any atom is 0.263 e. The second-order valence-corrected chi connectivity index (χ2v) is 6.91. The van der Waals surface area contributed by atoms with Gasteiger partial charge in [0.1, 0.15) is 15.7 Å². The molecule has 0 radical (unpaired) electrons. The van der Waals surface area contributed by atoms with Crippen molar-refractivity contribution in [2.45, 2.75) is 13.5 Å². The molecule has 0 saturated carbocycles. The molecule has 4 aromatic rings. The molecule has 7 heteroatoms. The largest absolute Gasteiger partial charge is 0.344 e. The van der Waals surface area contributed by atoms with Crippen LogP contribution in [0.4, 0.5) is 0 Å². The monoisotopic (exact) mass is 363 g/mol. The molecule has 1 aromatic carbocycles. The van der Waals surface area contributed by atoms with E-state index in [4.69, 9.17) is 0 Å². The van der Waals surface area contributed by atoms with Crippen LogP contribution in [-0.2, 0) is 13.6 Å². The van der Waals surface area contributed by atoms with E-state index in [-0.39, 0.29) is 5.91 Å². The molecule has 3 aromatic heterocycles. The van der Waals surface area contributed by atoms with Gasteiger partial charge in [0, 0.05) is 13.2 Å². The van der Waals surface area contributed by atoms with Gasteiger partial charge in [0.25, 0.3) is 5.91 Å². The molecule has 130 valence electrons. The van der Waals surface area contributed by atoms with Gasteiger partial charge in [0.05, 0.1) is 29.0 Å². The summed E-state index contributed by atoms with van der Waals surface area (Å²) in [5, 5.41) is 3.70. The van der Waals surface area contributed by atoms with Gasteiger partial charge < -0.3 is 9.88 Å². The number of thiazole rings is 1. The van der Waals surface area contributed by atoms with Crippen molar-refractivity contribution in [2.75, 3.05) is 0 Å². The third-order valence-corrected chi connectivity index (χ3v) is 5.35. The lowest BCUT2D eigenvalue weighted by Crippen LogP contribution is -2.24. The molecule has 0 unspecified atom stereocenters. The number of nitrogens with one attached hydrogen (secondary N) is 1. The Hall–Kier alpha value is -3.06. The molecule has 0 atom stereocenters. The Kier molecular flexibility index (Phi) is 4.22. The summed E-state index contributed by atoms with van der Waals surface area (Å²) in [6, 6.07) is 13.6. The van der Waals surface area contributed by atoms with Gasteiger partial charge in [-0.25, -0.2) is 9.97 Å². The molecular formula is C19H17N5OS. The summed E-state index contributed by atoms with van der Waals surface area (Å²) in [5.41, 5.74) is 3.45. The van der Waals surface area contributed by atoms with Crippen LogP contribution in [-0.4, -0.2) is 25.4 Å². The maximum absolute atomic E-state index is 12.6. The van der Waals surface area contributed by atoms with E-state index in [1.807, 2.05) is 61.0 Å². The molecule has 26 heavy (non-hydrogen) atoms. The fraction of sp³-hybridized carbons (Fsp3) is 0.158. The Morgan fingerprint density at radius 3 is 2.73 bits per heavy atom. The van der Waals surface area contributed by atoms with E-state index in [0.717, 1.165) is 27.6 Å². The summed E-state index contributed by atoms with van der Waals surface area (Å²) in [4.78, 5) is 26.6. The molecule has 0 fully saturated rings. The van der Waals surface area contributed by atoms with Crippen LogP contribution in [0.2, 0.25) is 0 Å². The van der Waals surface area contributed by atoms with Crippen LogP contribution >= 0.6 is 11.3 Å². The van der Waals surface area contributed by atoms with E-state index in [1.165, 1.54) is 11.3 Å². The van der Waals surface area contributed by atoms with Crippen molar-refractivity contribution in [3.63, 3.8) is 0 Å². The summed E-state index contributed by atoms with van der Waals surface area (Å²) in [5.74, 6) is 0.668. The van der Waals surface area contributed by atoms with Crippen molar-refractivity contribution in [3.05, 3.63) is 65.1 Å². The van der Waals surface area contributed by atoms with E-state index in [2.05, 4.69) is 20.3 Å². The molecule has 3 heterocycles. The van der Waals surface area contributed by atoms with Gasteiger partial charge in [-0.05, 0) is 31.2 Å². The van der Waals surface area contributed by atoms with E-state index < -0.39 is 0 Å². The van der Waals surface area contributed by atoms with E-state index in [9.17, 15) is 4.79 Å². The zero-order valence-electron chi connectivity index (χ0n) is 14.4. The first kappa shape index (κ1) is 16.4. The average molecular weight is 363 g/mol. The van der Waals surface area contributed by atoms with Gasteiger partial charge in [-0.2, -0.15) is 0 Å². The van der Waals surface area contributed by atoms with Crippen LogP contribution in [0.25, 0.3) is 21.7 Å². The normalized spacial score (nSPS) is 11.0. The lowest BCUT2D eigenvalue weighted by Gasteiger charge is -2.04. The lowest BCUT2D eigenvalue weighted by molar-refractivity contribution is 0.0953. The number of rotatable bonds is 4. The Bertz CT molecular complexity index is 1080. The van der Waals surface area contributed by atoms with Crippen molar-refractivity contribution in [3.8, 4) is 10.7 Å². The number of nitrogens with zero attached hydrogens (tertiary/aromatic N) is 4. The van der Waals surface area contributed by atoms with Crippen molar-refractivity contribution < 1.29 is 4.79 Å². The molecule has 1 N–H and O–H groups in total. The van der Waals surface area contributed by atoms with Crippen LogP contribution in [0.3, 0.4) is 0 Å². The van der Waals surface area contributed by atoms with Crippen LogP contribution in [0.5, 0.6) is 0 Å². The first-order valence-corrected chi connectivity index (χ1v) is 9.02. The highest BCUT2D eigenvalue weighted by molar-refractivity contribution is 7.17. The van der Waals surface area contributed by atoms with E-state index in [0.29, 0.717) is 17.1 Å². The number of imidazole rings is 1. The minimum Gasteiger partial charge on any atom is -0.344 e. The second-order valence-electron chi connectivity index (χ2n) is 5.91. The molecule has 0 saturated heterocycles. The third kappa shape index (κ3) is 2.97. The number of para-hydroxylation sites is 2. The van der Waals surface area contributed by atoms with Gasteiger partial charge in [-0.1, -0.05) is 18.2 Å². The molecule has 0 aliphatic carbocycles. The molecule has 4 rings (SSSR count). The molecule has 1 amide bonds. The molecule has 0 spiro atoms. The van der Waals surface area contributed by atoms with Gasteiger partial charge in [0.2, 0.25) is 0 Å². The maximum atomic E-state index is 12.6. The molecular weight excluding hydrogens is 346 g/mol. The first-order valence-electron chi connectivity index (χ1n) is 8.21.